The van der Waals surface area contributed by atoms with Gasteiger partial charge in [-0.25, -0.2) is 0 Å². The Morgan fingerprint density at radius 1 is 0.720 bits per heavy atom. The summed E-state index contributed by atoms with van der Waals surface area (Å²) in [6.07, 6.45) is 0. The number of nitrogen functional groups attached to an aromatic ring is 1. The van der Waals surface area contributed by atoms with E-state index in [4.69, 9.17) is 20.0 Å². The SMILES string of the molecule is N=C(c1ccc2oc3ccccc3c2c1)c1oc2ccccc2c1N. The Hall–Kier alpha value is -3.53. The molecule has 0 fully saturated rings. The second kappa shape index (κ2) is 4.98. The highest BCUT2D eigenvalue weighted by Gasteiger charge is 2.18. The highest BCUT2D eigenvalue weighted by atomic mass is 16.3. The minimum atomic E-state index is 0.265. The first kappa shape index (κ1) is 13.9. The molecule has 0 aliphatic rings. The maximum absolute atomic E-state index is 8.58. The first-order valence-corrected chi connectivity index (χ1v) is 8.00. The molecule has 0 spiro atoms. The Balaban J connectivity index is 1.70. The summed E-state index contributed by atoms with van der Waals surface area (Å²) in [5.41, 5.74) is 10.0. The summed E-state index contributed by atoms with van der Waals surface area (Å²) in [6.45, 7) is 0. The molecule has 5 aromatic rings. The van der Waals surface area contributed by atoms with E-state index in [2.05, 4.69) is 0 Å². The lowest BCUT2D eigenvalue weighted by Crippen LogP contribution is -2.02. The van der Waals surface area contributed by atoms with Crippen LogP contribution in [0.1, 0.15) is 11.3 Å². The fourth-order valence-electron chi connectivity index (χ4n) is 3.26. The quantitative estimate of drug-likeness (QED) is 0.430. The molecule has 25 heavy (non-hydrogen) atoms. The first-order valence-electron chi connectivity index (χ1n) is 8.00. The van der Waals surface area contributed by atoms with Gasteiger partial charge in [-0.2, -0.15) is 0 Å². The molecule has 120 valence electrons. The van der Waals surface area contributed by atoms with Gasteiger partial charge in [0.2, 0.25) is 0 Å². The Morgan fingerprint density at radius 2 is 1.36 bits per heavy atom. The summed E-state index contributed by atoms with van der Waals surface area (Å²) < 4.78 is 11.7. The van der Waals surface area contributed by atoms with Gasteiger partial charge in [0, 0.05) is 21.7 Å². The molecule has 0 bridgehead atoms. The number of hydrogen-bond donors (Lipinski definition) is 2. The van der Waals surface area contributed by atoms with Gasteiger partial charge in [0.15, 0.2) is 5.76 Å². The minimum absolute atomic E-state index is 0.265. The Bertz CT molecular complexity index is 1280. The number of nitrogens with two attached hydrogens (primary N) is 1. The van der Waals surface area contributed by atoms with Gasteiger partial charge in [-0.3, -0.25) is 5.41 Å². The maximum atomic E-state index is 8.58. The summed E-state index contributed by atoms with van der Waals surface area (Å²) >= 11 is 0. The third-order valence-electron chi connectivity index (χ3n) is 4.53. The predicted molar refractivity (Wildman–Crippen MR) is 100 cm³/mol. The fraction of sp³-hybridized carbons (Fsp3) is 0. The van der Waals surface area contributed by atoms with E-state index in [1.165, 1.54) is 0 Å². The van der Waals surface area contributed by atoms with Gasteiger partial charge >= 0.3 is 0 Å². The van der Waals surface area contributed by atoms with Crippen LogP contribution in [0.3, 0.4) is 0 Å². The number of fused-ring (bicyclic) bond motifs is 4. The van der Waals surface area contributed by atoms with Gasteiger partial charge in [0.25, 0.3) is 0 Å². The molecular weight excluding hydrogens is 312 g/mol. The zero-order valence-corrected chi connectivity index (χ0v) is 13.2. The van der Waals surface area contributed by atoms with Crippen LogP contribution in [-0.4, -0.2) is 5.71 Å². The summed E-state index contributed by atoms with van der Waals surface area (Å²) in [5, 5.41) is 11.4. The van der Waals surface area contributed by atoms with Crippen molar-refractivity contribution in [2.24, 2.45) is 0 Å². The lowest BCUT2D eigenvalue weighted by Gasteiger charge is -2.02. The van der Waals surface area contributed by atoms with E-state index in [9.17, 15) is 0 Å². The van der Waals surface area contributed by atoms with Crippen molar-refractivity contribution in [3.05, 3.63) is 78.1 Å². The smallest absolute Gasteiger partial charge is 0.176 e. The molecule has 0 unspecified atom stereocenters. The summed E-state index contributed by atoms with van der Waals surface area (Å²) in [5.74, 6) is 0.397. The van der Waals surface area contributed by atoms with Crippen molar-refractivity contribution in [1.82, 2.24) is 0 Å². The number of anilines is 1. The van der Waals surface area contributed by atoms with Crippen LogP contribution in [0.25, 0.3) is 32.9 Å². The third-order valence-corrected chi connectivity index (χ3v) is 4.53. The Morgan fingerprint density at radius 3 is 2.12 bits per heavy atom. The molecule has 2 aromatic heterocycles. The number of furan rings is 2. The molecule has 0 aliphatic heterocycles. The van der Waals surface area contributed by atoms with Gasteiger partial charge in [-0.05, 0) is 36.4 Å². The van der Waals surface area contributed by atoms with Crippen LogP contribution in [0.15, 0.2) is 75.6 Å². The average Bonchev–Trinajstić information content (AvgIpc) is 3.19. The highest BCUT2D eigenvalue weighted by molar-refractivity contribution is 6.18. The molecule has 0 atom stereocenters. The number of nitrogens with one attached hydrogen (secondary N) is 1. The van der Waals surface area contributed by atoms with Gasteiger partial charge in [0.1, 0.15) is 22.5 Å². The largest absolute Gasteiger partial charge is 0.456 e. The maximum Gasteiger partial charge on any atom is 0.176 e. The van der Waals surface area contributed by atoms with Gasteiger partial charge in [0.05, 0.1) is 5.69 Å². The molecule has 0 amide bonds. The van der Waals surface area contributed by atoms with Crippen LogP contribution in [0.5, 0.6) is 0 Å². The molecule has 0 saturated carbocycles. The van der Waals surface area contributed by atoms with Crippen LogP contribution in [0.4, 0.5) is 5.69 Å². The molecule has 5 rings (SSSR count). The molecule has 4 nitrogen and oxygen atoms in total. The zero-order valence-electron chi connectivity index (χ0n) is 13.2. The normalized spacial score (nSPS) is 11.5. The van der Waals surface area contributed by atoms with Crippen molar-refractivity contribution in [1.29, 1.82) is 5.41 Å². The zero-order chi connectivity index (χ0) is 17.0. The second-order valence-corrected chi connectivity index (χ2v) is 6.03. The van der Waals surface area contributed by atoms with Crippen LogP contribution in [0.2, 0.25) is 0 Å². The van der Waals surface area contributed by atoms with Gasteiger partial charge < -0.3 is 14.6 Å². The standard InChI is InChI=1S/C21H14N2O2/c22-19(21-20(23)14-6-2-4-8-17(14)25-21)12-9-10-18-15(11-12)13-5-1-3-7-16(13)24-18/h1-11,22H,23H2. The van der Waals surface area contributed by atoms with Crippen molar-refractivity contribution in [3.8, 4) is 0 Å². The van der Waals surface area contributed by atoms with Gasteiger partial charge in [-0.15, -0.1) is 0 Å². The third kappa shape index (κ3) is 1.97. The number of benzene rings is 3. The summed E-state index contributed by atoms with van der Waals surface area (Å²) in [4.78, 5) is 0. The average molecular weight is 326 g/mol. The first-order chi connectivity index (χ1) is 12.2. The van der Waals surface area contributed by atoms with E-state index in [1.54, 1.807) is 0 Å². The summed E-state index contributed by atoms with van der Waals surface area (Å²) in [7, 11) is 0. The molecule has 0 radical (unpaired) electrons. The van der Waals surface area contributed by atoms with E-state index in [1.807, 2.05) is 66.7 Å². The van der Waals surface area contributed by atoms with Crippen molar-refractivity contribution in [3.63, 3.8) is 0 Å². The van der Waals surface area contributed by atoms with Crippen molar-refractivity contribution in [2.45, 2.75) is 0 Å². The molecule has 0 saturated heterocycles. The molecule has 3 N–H and O–H groups in total. The van der Waals surface area contributed by atoms with E-state index in [0.717, 1.165) is 32.9 Å². The van der Waals surface area contributed by atoms with Crippen LogP contribution in [0, 0.1) is 5.41 Å². The van der Waals surface area contributed by atoms with Crippen LogP contribution in [-0.2, 0) is 0 Å². The fourth-order valence-corrected chi connectivity index (χ4v) is 3.26. The topological polar surface area (TPSA) is 76.2 Å². The Labute approximate surface area is 143 Å². The molecule has 4 heteroatoms. The number of hydrogen-bond acceptors (Lipinski definition) is 4. The van der Waals surface area contributed by atoms with Crippen molar-refractivity contribution in [2.75, 3.05) is 5.73 Å². The second-order valence-electron chi connectivity index (χ2n) is 6.03. The lowest BCUT2D eigenvalue weighted by molar-refractivity contribution is 0.606. The minimum Gasteiger partial charge on any atom is -0.456 e. The van der Waals surface area contributed by atoms with Crippen LogP contribution < -0.4 is 5.73 Å². The van der Waals surface area contributed by atoms with E-state index in [-0.39, 0.29) is 5.71 Å². The molecule has 0 aliphatic carbocycles. The number of para-hydroxylation sites is 2. The highest BCUT2D eigenvalue weighted by Crippen LogP contribution is 2.32. The monoisotopic (exact) mass is 326 g/mol. The van der Waals surface area contributed by atoms with E-state index >= 15 is 0 Å². The Kier molecular flexibility index (Phi) is 2.76. The summed E-state index contributed by atoms with van der Waals surface area (Å²) in [6, 6.07) is 21.1. The van der Waals surface area contributed by atoms with Crippen molar-refractivity contribution >= 4 is 44.3 Å². The number of rotatable bonds is 2. The molecule has 3 aromatic carbocycles. The molecular formula is C21H14N2O2. The predicted octanol–water partition coefficient (Wildman–Crippen LogP) is 5.33. The van der Waals surface area contributed by atoms with Gasteiger partial charge in [-0.1, -0.05) is 30.3 Å². The van der Waals surface area contributed by atoms with E-state index < -0.39 is 0 Å². The van der Waals surface area contributed by atoms with Crippen molar-refractivity contribution < 1.29 is 8.83 Å². The lowest BCUT2D eigenvalue weighted by atomic mass is 10.0. The van der Waals surface area contributed by atoms with E-state index in [0.29, 0.717) is 17.0 Å². The van der Waals surface area contributed by atoms with Crippen LogP contribution >= 0.6 is 0 Å². The molecule has 2 heterocycles.